The van der Waals surface area contributed by atoms with E-state index >= 15 is 0 Å². The van der Waals surface area contributed by atoms with Gasteiger partial charge in [-0.15, -0.1) is 0 Å². The summed E-state index contributed by atoms with van der Waals surface area (Å²) in [5.74, 6) is -3.80. The molecule has 9 heteroatoms. The van der Waals surface area contributed by atoms with E-state index < -0.39 is 35.7 Å². The third kappa shape index (κ3) is 4.34. The molecule has 0 saturated heterocycles. The van der Waals surface area contributed by atoms with Gasteiger partial charge in [-0.1, -0.05) is 6.92 Å². The predicted octanol–water partition coefficient (Wildman–Crippen LogP) is 2.97. The lowest BCUT2D eigenvalue weighted by atomic mass is 9.69. The third-order valence-corrected chi connectivity index (χ3v) is 6.14. The van der Waals surface area contributed by atoms with Crippen molar-refractivity contribution in [1.82, 2.24) is 5.32 Å². The van der Waals surface area contributed by atoms with Gasteiger partial charge in [0, 0.05) is 22.9 Å². The van der Waals surface area contributed by atoms with Gasteiger partial charge in [0.05, 0.1) is 33.0 Å². The number of methoxy groups -OCH3 is 3. The van der Waals surface area contributed by atoms with E-state index in [1.54, 1.807) is 32.9 Å². The Morgan fingerprint density at radius 1 is 1.12 bits per heavy atom. The van der Waals surface area contributed by atoms with E-state index in [2.05, 4.69) is 5.32 Å². The second kappa shape index (κ2) is 9.79. The zero-order chi connectivity index (χ0) is 25.3. The minimum absolute atomic E-state index is 0.116. The molecule has 1 aromatic carbocycles. The molecule has 0 bridgehead atoms. The molecule has 2 aliphatic rings. The summed E-state index contributed by atoms with van der Waals surface area (Å²) < 4.78 is 21.0. The lowest BCUT2D eigenvalue weighted by molar-refractivity contribution is -0.151. The Hall–Kier alpha value is -3.49. The summed E-state index contributed by atoms with van der Waals surface area (Å²) in [7, 11) is 4.02. The quantitative estimate of drug-likeness (QED) is 0.474. The molecule has 1 aliphatic heterocycles. The van der Waals surface area contributed by atoms with Crippen LogP contribution < -0.4 is 14.8 Å². The van der Waals surface area contributed by atoms with Crippen molar-refractivity contribution in [2.45, 2.75) is 46.1 Å². The highest BCUT2D eigenvalue weighted by Gasteiger charge is 2.47. The molecule has 184 valence electrons. The van der Waals surface area contributed by atoms with Crippen LogP contribution in [0.2, 0.25) is 0 Å². The second-order valence-corrected chi connectivity index (χ2v) is 8.76. The number of carbonyl (C=O) groups is 3. The number of hydrogen-bond acceptors (Lipinski definition) is 9. The Balaban J connectivity index is 2.28. The molecule has 3 atom stereocenters. The molecule has 3 rings (SSSR count). The zero-order valence-corrected chi connectivity index (χ0v) is 20.5. The lowest BCUT2D eigenvalue weighted by Crippen LogP contribution is -2.43. The van der Waals surface area contributed by atoms with Crippen LogP contribution in [-0.2, 0) is 23.9 Å². The molecule has 0 aromatic heterocycles. The summed E-state index contributed by atoms with van der Waals surface area (Å²) in [4.78, 5) is 39.5. The SMILES string of the molecule is COC(=O)[C@H]1C(=O)C2=C(C[C@@H]1C)NC(C)=C(C(=O)OC(C)C)[C@H]2c1cc(OC)c(O)c(OC)c1. The highest BCUT2D eigenvalue weighted by Crippen LogP contribution is 2.48. The van der Waals surface area contributed by atoms with Crippen LogP contribution in [0.15, 0.2) is 34.7 Å². The molecule has 0 unspecified atom stereocenters. The summed E-state index contributed by atoms with van der Waals surface area (Å²) in [5, 5.41) is 13.6. The topological polar surface area (TPSA) is 120 Å². The Morgan fingerprint density at radius 3 is 2.21 bits per heavy atom. The van der Waals surface area contributed by atoms with Crippen LogP contribution >= 0.6 is 0 Å². The molecule has 0 amide bonds. The van der Waals surface area contributed by atoms with Gasteiger partial charge in [-0.3, -0.25) is 9.59 Å². The number of benzene rings is 1. The van der Waals surface area contributed by atoms with Crippen LogP contribution in [0.25, 0.3) is 0 Å². The van der Waals surface area contributed by atoms with Crippen LogP contribution in [0.5, 0.6) is 17.2 Å². The maximum atomic E-state index is 13.7. The Kier molecular flexibility index (Phi) is 7.24. The van der Waals surface area contributed by atoms with Gasteiger partial charge in [-0.25, -0.2) is 4.79 Å². The molecule has 0 radical (unpaired) electrons. The number of aromatic hydroxyl groups is 1. The fourth-order valence-corrected chi connectivity index (χ4v) is 4.64. The first kappa shape index (κ1) is 25.1. The van der Waals surface area contributed by atoms with Crippen molar-refractivity contribution in [2.24, 2.45) is 11.8 Å². The summed E-state index contributed by atoms with van der Waals surface area (Å²) in [5.41, 5.74) is 2.16. The molecule has 0 spiro atoms. The second-order valence-electron chi connectivity index (χ2n) is 8.76. The monoisotopic (exact) mass is 473 g/mol. The van der Waals surface area contributed by atoms with Crippen LogP contribution in [0.1, 0.15) is 45.6 Å². The van der Waals surface area contributed by atoms with Crippen molar-refractivity contribution in [1.29, 1.82) is 0 Å². The standard InChI is InChI=1S/C25H31NO8/c1-11(2)34-25(30)19-13(4)26-15-8-12(3)18(24(29)33-7)23(28)21(15)20(19)14-9-16(31-5)22(27)17(10-14)32-6/h9-12,18,20,26-27H,8H2,1-7H3/t12-,18+,20+/m0/s1. The number of dihydropyridines is 1. The molecule has 34 heavy (non-hydrogen) atoms. The van der Waals surface area contributed by atoms with Gasteiger partial charge >= 0.3 is 11.9 Å². The number of ketones is 1. The smallest absolute Gasteiger partial charge is 0.337 e. The van der Waals surface area contributed by atoms with Crippen molar-refractivity contribution in [2.75, 3.05) is 21.3 Å². The van der Waals surface area contributed by atoms with Gasteiger partial charge < -0.3 is 29.4 Å². The van der Waals surface area contributed by atoms with E-state index in [1.165, 1.54) is 21.3 Å². The number of hydrogen-bond donors (Lipinski definition) is 2. The molecular weight excluding hydrogens is 442 g/mol. The molecule has 1 heterocycles. The number of nitrogens with one attached hydrogen (secondary N) is 1. The minimum Gasteiger partial charge on any atom is -0.502 e. The first-order chi connectivity index (χ1) is 16.0. The Bertz CT molecular complexity index is 1060. The van der Waals surface area contributed by atoms with Crippen molar-refractivity contribution < 1.29 is 38.4 Å². The lowest BCUT2D eigenvalue weighted by Gasteiger charge is -2.38. The van der Waals surface area contributed by atoms with Gasteiger partial charge in [-0.05, 0) is 50.8 Å². The maximum Gasteiger partial charge on any atom is 0.337 e. The Labute approximate surface area is 198 Å². The van der Waals surface area contributed by atoms with Crippen molar-refractivity contribution in [3.05, 3.63) is 40.2 Å². The highest BCUT2D eigenvalue weighted by atomic mass is 16.5. The third-order valence-electron chi connectivity index (χ3n) is 6.14. The number of phenols is 1. The summed E-state index contributed by atoms with van der Waals surface area (Å²) in [6, 6.07) is 3.10. The average molecular weight is 474 g/mol. The average Bonchev–Trinajstić information content (AvgIpc) is 2.77. The molecule has 0 fully saturated rings. The largest absolute Gasteiger partial charge is 0.502 e. The molecule has 2 N–H and O–H groups in total. The number of Topliss-reactive ketones (excluding diaryl/α,β-unsaturated/α-hetero) is 1. The fourth-order valence-electron chi connectivity index (χ4n) is 4.64. The van der Waals surface area contributed by atoms with Gasteiger partial charge in [0.1, 0.15) is 5.92 Å². The molecular formula is C25H31NO8. The van der Waals surface area contributed by atoms with Crippen LogP contribution in [0, 0.1) is 11.8 Å². The number of phenolic OH excluding ortho intramolecular Hbond substituents is 1. The normalized spacial score (nSPS) is 22.2. The van der Waals surface area contributed by atoms with E-state index in [0.717, 1.165) is 0 Å². The molecule has 1 aliphatic carbocycles. The Morgan fingerprint density at radius 2 is 1.71 bits per heavy atom. The number of rotatable bonds is 6. The van der Waals surface area contributed by atoms with Crippen molar-refractivity contribution >= 4 is 17.7 Å². The van der Waals surface area contributed by atoms with Crippen molar-refractivity contribution in [3.8, 4) is 17.2 Å². The number of carbonyl (C=O) groups excluding carboxylic acids is 3. The predicted molar refractivity (Wildman–Crippen MR) is 122 cm³/mol. The van der Waals surface area contributed by atoms with Crippen LogP contribution in [0.3, 0.4) is 0 Å². The highest BCUT2D eigenvalue weighted by molar-refractivity contribution is 6.12. The summed E-state index contributed by atoms with van der Waals surface area (Å²) >= 11 is 0. The van der Waals surface area contributed by atoms with Gasteiger partial charge in [0.15, 0.2) is 17.3 Å². The van der Waals surface area contributed by atoms with Crippen LogP contribution in [-0.4, -0.2) is 50.3 Å². The van der Waals surface area contributed by atoms with Gasteiger partial charge in [0.2, 0.25) is 5.75 Å². The fraction of sp³-hybridized carbons (Fsp3) is 0.480. The zero-order valence-electron chi connectivity index (χ0n) is 20.5. The van der Waals surface area contributed by atoms with E-state index in [1.807, 2.05) is 6.92 Å². The number of esters is 2. The minimum atomic E-state index is -1.00. The number of ether oxygens (including phenoxy) is 4. The van der Waals surface area contributed by atoms with Crippen molar-refractivity contribution in [3.63, 3.8) is 0 Å². The van der Waals surface area contributed by atoms with Gasteiger partial charge in [-0.2, -0.15) is 0 Å². The van der Waals surface area contributed by atoms with E-state index in [-0.39, 0.29) is 34.3 Å². The molecule has 1 aromatic rings. The first-order valence-electron chi connectivity index (χ1n) is 11.0. The number of allylic oxidation sites excluding steroid dienone is 3. The molecule has 0 saturated carbocycles. The first-order valence-corrected chi connectivity index (χ1v) is 11.0. The maximum absolute atomic E-state index is 13.7. The van der Waals surface area contributed by atoms with Gasteiger partial charge in [0.25, 0.3) is 0 Å². The van der Waals surface area contributed by atoms with Crippen LogP contribution in [0.4, 0.5) is 0 Å². The van der Waals surface area contributed by atoms with E-state index in [0.29, 0.717) is 23.4 Å². The summed E-state index contributed by atoms with van der Waals surface area (Å²) in [6.45, 7) is 7.02. The van der Waals surface area contributed by atoms with E-state index in [4.69, 9.17) is 18.9 Å². The summed E-state index contributed by atoms with van der Waals surface area (Å²) in [6.07, 6.45) is 0.0192. The molecule has 9 nitrogen and oxygen atoms in total. The van der Waals surface area contributed by atoms with E-state index in [9.17, 15) is 19.5 Å².